The molecule has 0 aliphatic rings. The molecule has 1 amide bonds. The third-order valence-electron chi connectivity index (χ3n) is 4.60. The van der Waals surface area contributed by atoms with Crippen LogP contribution in [-0.4, -0.2) is 46.9 Å². The predicted molar refractivity (Wildman–Crippen MR) is 117 cm³/mol. The van der Waals surface area contributed by atoms with Gasteiger partial charge < -0.3 is 14.8 Å². The first-order valence-corrected chi connectivity index (χ1v) is 10.7. The molecule has 0 saturated heterocycles. The van der Waals surface area contributed by atoms with Crippen molar-refractivity contribution < 1.29 is 19.1 Å². The molecule has 30 heavy (non-hydrogen) atoms. The number of carbonyl (C=O) groups excluding carboxylic acids is 2. The van der Waals surface area contributed by atoms with Crippen LogP contribution in [0.25, 0.3) is 11.4 Å². The van der Waals surface area contributed by atoms with Crippen molar-refractivity contribution in [3.63, 3.8) is 0 Å². The van der Waals surface area contributed by atoms with Crippen LogP contribution in [0.4, 0.5) is 0 Å². The van der Waals surface area contributed by atoms with Crippen LogP contribution in [0.1, 0.15) is 45.4 Å². The first kappa shape index (κ1) is 23.6. The summed E-state index contributed by atoms with van der Waals surface area (Å²) < 4.78 is 12.4. The number of hydrogen-bond donors (Lipinski definition) is 2. The van der Waals surface area contributed by atoms with Crippen LogP contribution in [0.15, 0.2) is 24.3 Å². The molecule has 0 atom stereocenters. The molecular weight excluding hydrogens is 404 g/mol. The van der Waals surface area contributed by atoms with E-state index in [1.54, 1.807) is 0 Å². The molecule has 1 aromatic carbocycles. The number of ether oxygens (including phenoxy) is 2. The third kappa shape index (κ3) is 7.62. The molecule has 0 radical (unpaired) electrons. The summed E-state index contributed by atoms with van der Waals surface area (Å²) in [7, 11) is 1.40. The van der Waals surface area contributed by atoms with E-state index in [2.05, 4.69) is 20.3 Å². The summed E-state index contributed by atoms with van der Waals surface area (Å²) in [4.78, 5) is 23.2. The smallest absolute Gasteiger partial charge is 0.305 e. The zero-order valence-electron chi connectivity index (χ0n) is 17.6. The van der Waals surface area contributed by atoms with Crippen LogP contribution < -0.4 is 10.1 Å². The largest absolute Gasteiger partial charge is 0.494 e. The summed E-state index contributed by atoms with van der Waals surface area (Å²) in [5, 5.41) is 10.0. The van der Waals surface area contributed by atoms with Gasteiger partial charge in [0, 0.05) is 31.5 Å². The number of hydrogen-bond acceptors (Lipinski definition) is 6. The van der Waals surface area contributed by atoms with E-state index in [9.17, 15) is 9.59 Å². The molecule has 2 N–H and O–H groups in total. The second-order valence-electron chi connectivity index (χ2n) is 6.80. The molecule has 164 valence electrons. The van der Waals surface area contributed by atoms with Gasteiger partial charge in [-0.2, -0.15) is 5.10 Å². The van der Waals surface area contributed by atoms with Crippen molar-refractivity contribution in [3.8, 4) is 17.1 Å². The molecule has 2 rings (SSSR count). The maximum absolute atomic E-state index is 12.2. The quantitative estimate of drug-likeness (QED) is 0.284. The number of benzene rings is 1. The Bertz CT molecular complexity index is 861. The number of aromatic amines is 1. The van der Waals surface area contributed by atoms with Crippen molar-refractivity contribution in [2.45, 2.75) is 52.0 Å². The van der Waals surface area contributed by atoms with Gasteiger partial charge in [0.1, 0.15) is 5.75 Å². The number of unbranched alkanes of at least 4 members (excludes halogenated alkanes) is 3. The van der Waals surface area contributed by atoms with E-state index in [1.165, 1.54) is 7.11 Å². The van der Waals surface area contributed by atoms with Crippen LogP contribution in [0.5, 0.6) is 5.75 Å². The summed E-state index contributed by atoms with van der Waals surface area (Å²) in [5.41, 5.74) is 0.901. The van der Waals surface area contributed by atoms with E-state index in [-0.39, 0.29) is 11.9 Å². The lowest BCUT2D eigenvalue weighted by atomic mass is 10.1. The van der Waals surface area contributed by atoms with Crippen molar-refractivity contribution in [2.75, 3.05) is 20.3 Å². The van der Waals surface area contributed by atoms with Gasteiger partial charge in [0.25, 0.3) is 0 Å². The molecule has 2 aromatic rings. The van der Waals surface area contributed by atoms with Crippen LogP contribution in [-0.2, 0) is 20.9 Å². The summed E-state index contributed by atoms with van der Waals surface area (Å²) in [6.45, 7) is 3.62. The molecule has 0 fully saturated rings. The van der Waals surface area contributed by atoms with E-state index < -0.39 is 0 Å². The Kier molecular flexibility index (Phi) is 10.1. The SMILES string of the molecule is CCOc1ccc(-c2n[nH]c(=S)n2CCC(=O)NCCCCCCC(=O)OC)cc1. The first-order chi connectivity index (χ1) is 14.5. The van der Waals surface area contributed by atoms with Gasteiger partial charge in [0.05, 0.1) is 13.7 Å². The molecule has 0 unspecified atom stereocenters. The topological polar surface area (TPSA) is 98.2 Å². The highest BCUT2D eigenvalue weighted by molar-refractivity contribution is 7.71. The highest BCUT2D eigenvalue weighted by Gasteiger charge is 2.11. The van der Waals surface area contributed by atoms with E-state index in [1.807, 2.05) is 35.8 Å². The summed E-state index contributed by atoms with van der Waals surface area (Å²) in [6, 6.07) is 7.62. The van der Waals surface area contributed by atoms with Crippen LogP contribution >= 0.6 is 12.2 Å². The third-order valence-corrected chi connectivity index (χ3v) is 4.91. The number of methoxy groups -OCH3 is 1. The Morgan fingerprint density at radius 2 is 1.87 bits per heavy atom. The molecule has 0 aliphatic carbocycles. The minimum Gasteiger partial charge on any atom is -0.494 e. The number of nitrogens with zero attached hydrogens (tertiary/aromatic N) is 2. The Morgan fingerprint density at radius 3 is 2.57 bits per heavy atom. The molecule has 0 aliphatic heterocycles. The van der Waals surface area contributed by atoms with E-state index in [0.29, 0.717) is 43.1 Å². The predicted octanol–water partition coefficient (Wildman–Crippen LogP) is 3.64. The number of nitrogens with one attached hydrogen (secondary N) is 2. The fourth-order valence-electron chi connectivity index (χ4n) is 2.99. The van der Waals surface area contributed by atoms with E-state index >= 15 is 0 Å². The molecular formula is C21H30N4O4S. The van der Waals surface area contributed by atoms with Gasteiger partial charge in [-0.05, 0) is 56.2 Å². The van der Waals surface area contributed by atoms with Crippen molar-refractivity contribution >= 4 is 24.1 Å². The van der Waals surface area contributed by atoms with E-state index in [4.69, 9.17) is 17.0 Å². The summed E-state index contributed by atoms with van der Waals surface area (Å²) in [6.07, 6.45) is 4.38. The van der Waals surface area contributed by atoms with Crippen molar-refractivity contribution in [1.82, 2.24) is 20.1 Å². The normalized spacial score (nSPS) is 10.6. The molecule has 1 aromatic heterocycles. The van der Waals surface area contributed by atoms with Gasteiger partial charge in [-0.3, -0.25) is 19.3 Å². The molecule has 9 heteroatoms. The monoisotopic (exact) mass is 434 g/mol. The van der Waals surface area contributed by atoms with Crippen LogP contribution in [0.3, 0.4) is 0 Å². The summed E-state index contributed by atoms with van der Waals surface area (Å²) >= 11 is 5.32. The fourth-order valence-corrected chi connectivity index (χ4v) is 3.22. The van der Waals surface area contributed by atoms with E-state index in [0.717, 1.165) is 37.0 Å². The Morgan fingerprint density at radius 1 is 1.13 bits per heavy atom. The number of amides is 1. The second kappa shape index (κ2) is 12.8. The maximum Gasteiger partial charge on any atom is 0.305 e. The minimum atomic E-state index is -0.175. The zero-order chi connectivity index (χ0) is 21.8. The highest BCUT2D eigenvalue weighted by atomic mass is 32.1. The number of esters is 1. The molecule has 0 saturated carbocycles. The standard InChI is InChI=1S/C21H30N4O4S/c1-3-29-17-11-9-16(10-12-17)20-23-24-21(30)25(20)15-13-18(26)22-14-7-5-4-6-8-19(27)28-2/h9-12H,3-8,13-15H2,1-2H3,(H,22,26)(H,24,30). The Hall–Kier alpha value is -2.68. The van der Waals surface area contributed by atoms with Gasteiger partial charge in [-0.1, -0.05) is 12.8 Å². The van der Waals surface area contributed by atoms with Gasteiger partial charge in [0.15, 0.2) is 10.6 Å². The maximum atomic E-state index is 12.2. The lowest BCUT2D eigenvalue weighted by Gasteiger charge is -2.09. The van der Waals surface area contributed by atoms with Crippen molar-refractivity contribution in [3.05, 3.63) is 29.0 Å². The van der Waals surface area contributed by atoms with Gasteiger partial charge >= 0.3 is 5.97 Å². The second-order valence-corrected chi connectivity index (χ2v) is 7.19. The highest BCUT2D eigenvalue weighted by Crippen LogP contribution is 2.21. The minimum absolute atomic E-state index is 0.0229. The number of carbonyl (C=O) groups is 2. The van der Waals surface area contributed by atoms with Crippen molar-refractivity contribution in [1.29, 1.82) is 0 Å². The summed E-state index contributed by atoms with van der Waals surface area (Å²) in [5.74, 6) is 1.30. The average Bonchev–Trinajstić information content (AvgIpc) is 3.12. The lowest BCUT2D eigenvalue weighted by molar-refractivity contribution is -0.140. The molecule has 0 spiro atoms. The van der Waals surface area contributed by atoms with Crippen LogP contribution in [0, 0.1) is 4.77 Å². The van der Waals surface area contributed by atoms with Gasteiger partial charge in [-0.15, -0.1) is 0 Å². The Balaban J connectivity index is 1.75. The van der Waals surface area contributed by atoms with Gasteiger partial charge in [0.2, 0.25) is 5.91 Å². The molecule has 0 bridgehead atoms. The number of rotatable bonds is 13. The van der Waals surface area contributed by atoms with Crippen LogP contribution in [0.2, 0.25) is 0 Å². The lowest BCUT2D eigenvalue weighted by Crippen LogP contribution is -2.25. The molecule has 1 heterocycles. The fraction of sp³-hybridized carbons (Fsp3) is 0.524. The number of aromatic nitrogens is 3. The average molecular weight is 435 g/mol. The molecule has 8 nitrogen and oxygen atoms in total. The van der Waals surface area contributed by atoms with Crippen molar-refractivity contribution in [2.24, 2.45) is 0 Å². The number of H-pyrrole nitrogens is 1. The van der Waals surface area contributed by atoms with Gasteiger partial charge in [-0.25, -0.2) is 0 Å². The first-order valence-electron chi connectivity index (χ1n) is 10.3. The Labute approximate surface area is 182 Å². The zero-order valence-corrected chi connectivity index (χ0v) is 18.4.